The number of halogens is 2. The number of morpholine rings is 1. The smallest absolute Gasteiger partial charge is 0.261 e. The molecule has 0 bridgehead atoms. The number of nitrogens with zero attached hydrogens (tertiary/aromatic N) is 1. The first-order valence-electron chi connectivity index (χ1n) is 12.7. The molecule has 4 rings (SSSR count). The van der Waals surface area contributed by atoms with E-state index in [0.29, 0.717) is 22.2 Å². The first-order chi connectivity index (χ1) is 19.1. The predicted octanol–water partition coefficient (Wildman–Crippen LogP) is 1.95. The molecule has 3 N–H and O–H groups in total. The lowest BCUT2D eigenvalue weighted by molar-refractivity contribution is -0.126. The predicted molar refractivity (Wildman–Crippen MR) is 147 cm³/mol. The Morgan fingerprint density at radius 3 is 2.83 bits per heavy atom. The van der Waals surface area contributed by atoms with E-state index < -0.39 is 50.3 Å². The molecule has 11 nitrogen and oxygen atoms in total. The number of carbonyl (C=O) groups excluding carboxylic acids is 3. The van der Waals surface area contributed by atoms with Crippen molar-refractivity contribution in [2.24, 2.45) is 5.92 Å². The summed E-state index contributed by atoms with van der Waals surface area (Å²) in [5.41, 5.74) is -0.0742. The largest absolute Gasteiger partial charge is 0.493 e. The molecule has 3 heterocycles. The Kier molecular flexibility index (Phi) is 10.1. The topological polar surface area (TPSA) is 143 Å². The summed E-state index contributed by atoms with van der Waals surface area (Å²) in [6, 6.07) is 3.47. The quantitative estimate of drug-likeness (QED) is 0.368. The van der Waals surface area contributed by atoms with E-state index >= 15 is 0 Å². The van der Waals surface area contributed by atoms with Crippen LogP contribution >= 0.6 is 22.9 Å². The Hall–Kier alpha value is -2.62. The summed E-state index contributed by atoms with van der Waals surface area (Å²) in [5, 5.41) is 5.78. The highest BCUT2D eigenvalue weighted by Crippen LogP contribution is 2.37. The van der Waals surface area contributed by atoms with E-state index in [0.717, 1.165) is 42.9 Å². The van der Waals surface area contributed by atoms with Crippen molar-refractivity contribution in [2.75, 3.05) is 51.4 Å². The summed E-state index contributed by atoms with van der Waals surface area (Å²) in [6.45, 7) is 0.737. The van der Waals surface area contributed by atoms with Crippen molar-refractivity contribution in [3.63, 3.8) is 0 Å². The number of hydrogen-bond donors (Lipinski definition) is 3. The molecule has 0 radical (unpaired) electrons. The maximum atomic E-state index is 14.8. The van der Waals surface area contributed by atoms with Gasteiger partial charge in [0.25, 0.3) is 11.8 Å². The van der Waals surface area contributed by atoms with Gasteiger partial charge in [-0.05, 0) is 37.6 Å². The first kappa shape index (κ1) is 30.3. The van der Waals surface area contributed by atoms with Crippen LogP contribution < -0.4 is 25.0 Å². The molecule has 2 atom stereocenters. The number of ether oxygens (including phenoxy) is 2. The number of anilines is 1. The lowest BCUT2D eigenvalue weighted by Crippen LogP contribution is -2.51. The monoisotopic (exact) mass is 616 g/mol. The van der Waals surface area contributed by atoms with Crippen molar-refractivity contribution in [2.45, 2.75) is 30.2 Å². The van der Waals surface area contributed by atoms with E-state index in [4.69, 9.17) is 21.1 Å². The highest BCUT2D eigenvalue weighted by atomic mass is 35.5. The number of Topliss-reactive ketones (excluding diaryl/α,β-unsaturated/α-hetero) is 1. The summed E-state index contributed by atoms with van der Waals surface area (Å²) >= 11 is 6.96. The molecule has 0 aliphatic carbocycles. The summed E-state index contributed by atoms with van der Waals surface area (Å²) in [4.78, 5) is 39.6. The lowest BCUT2D eigenvalue weighted by atomic mass is 9.94. The summed E-state index contributed by atoms with van der Waals surface area (Å²) in [7, 11) is -3.40. The van der Waals surface area contributed by atoms with Gasteiger partial charge in [-0.3, -0.25) is 14.4 Å². The van der Waals surface area contributed by atoms with Crippen LogP contribution in [0.5, 0.6) is 5.75 Å². The van der Waals surface area contributed by atoms with Crippen molar-refractivity contribution in [1.82, 2.24) is 15.4 Å². The van der Waals surface area contributed by atoms with Gasteiger partial charge in [0.05, 0.1) is 34.7 Å². The van der Waals surface area contributed by atoms with Crippen LogP contribution in [0.4, 0.5) is 10.1 Å². The third kappa shape index (κ3) is 7.17. The molecule has 1 aromatic carbocycles. The van der Waals surface area contributed by atoms with Gasteiger partial charge >= 0.3 is 0 Å². The number of carbonyl (C=O) groups is 3. The molecule has 2 aliphatic heterocycles. The average molecular weight is 617 g/mol. The van der Waals surface area contributed by atoms with Crippen LogP contribution in [0.2, 0.25) is 4.34 Å². The molecule has 2 aliphatic rings. The second-order valence-corrected chi connectivity index (χ2v) is 12.7. The van der Waals surface area contributed by atoms with Crippen molar-refractivity contribution in [3.05, 3.63) is 39.3 Å². The molecule has 40 heavy (non-hydrogen) atoms. The van der Waals surface area contributed by atoms with Crippen LogP contribution in [0.25, 0.3) is 0 Å². The summed E-state index contributed by atoms with van der Waals surface area (Å²) < 4.78 is 55.4. The molecular weight excluding hydrogens is 587 g/mol. The third-order valence-corrected chi connectivity index (χ3v) is 9.33. The number of hydrogen-bond acceptors (Lipinski definition) is 9. The molecule has 1 aromatic heterocycles. The standard InChI is InChI=1S/C25H30ClFN4O7S2/c1-37-24-18(31-8-9-38-14-22(31)32)10-16(27)11-20(24)40(35,36)30-17(23(33)15-4-2-3-7-28-12-15)13-29-25(34)19-5-6-21(26)39-19/h5-6,10-11,15,17,28,30H,2-4,7-9,12-14H2,1H3,(H,29,34)/t15?,17-/m0/s1. The summed E-state index contributed by atoms with van der Waals surface area (Å²) in [6.07, 6.45) is 2.20. The Bertz CT molecular complexity index is 1360. The number of thiophene rings is 1. The van der Waals surface area contributed by atoms with E-state index in [1.165, 1.54) is 18.1 Å². The number of methoxy groups -OCH3 is 1. The van der Waals surface area contributed by atoms with Crippen molar-refractivity contribution in [3.8, 4) is 5.75 Å². The van der Waals surface area contributed by atoms with E-state index in [1.54, 1.807) is 6.07 Å². The Morgan fingerprint density at radius 2 is 2.12 bits per heavy atom. The molecule has 0 spiro atoms. The fourth-order valence-corrected chi connectivity index (χ4v) is 7.01. The zero-order valence-electron chi connectivity index (χ0n) is 21.7. The van der Waals surface area contributed by atoms with Gasteiger partial charge in [-0.2, -0.15) is 4.72 Å². The zero-order chi connectivity index (χ0) is 28.9. The molecular formula is C25H30ClFN4O7S2. The van der Waals surface area contributed by atoms with Gasteiger partial charge in [0, 0.05) is 31.6 Å². The maximum Gasteiger partial charge on any atom is 0.261 e. The minimum absolute atomic E-state index is 0.0696. The maximum absolute atomic E-state index is 14.8. The van der Waals surface area contributed by atoms with Gasteiger partial charge in [-0.15, -0.1) is 11.3 Å². The van der Waals surface area contributed by atoms with E-state index in [2.05, 4.69) is 15.4 Å². The van der Waals surface area contributed by atoms with Crippen LogP contribution in [0.3, 0.4) is 0 Å². The molecule has 218 valence electrons. The van der Waals surface area contributed by atoms with Crippen molar-refractivity contribution in [1.29, 1.82) is 0 Å². The van der Waals surface area contributed by atoms with E-state index in [-0.39, 0.29) is 37.7 Å². The number of ketones is 1. The van der Waals surface area contributed by atoms with Crippen LogP contribution in [-0.2, 0) is 24.3 Å². The fourth-order valence-electron chi connectivity index (χ4n) is 4.65. The van der Waals surface area contributed by atoms with Gasteiger partial charge < -0.3 is 25.0 Å². The van der Waals surface area contributed by atoms with E-state index in [9.17, 15) is 27.2 Å². The number of benzene rings is 1. The van der Waals surface area contributed by atoms with Crippen LogP contribution in [0.15, 0.2) is 29.2 Å². The normalized spacial score (nSPS) is 19.1. The number of rotatable bonds is 10. The highest BCUT2D eigenvalue weighted by molar-refractivity contribution is 7.89. The molecule has 2 aromatic rings. The minimum Gasteiger partial charge on any atom is -0.493 e. The average Bonchev–Trinajstić information content (AvgIpc) is 3.18. The molecule has 2 saturated heterocycles. The van der Waals surface area contributed by atoms with Crippen molar-refractivity contribution >= 4 is 56.2 Å². The van der Waals surface area contributed by atoms with Gasteiger partial charge in [-0.1, -0.05) is 18.0 Å². The van der Waals surface area contributed by atoms with Gasteiger partial charge in [0.15, 0.2) is 11.5 Å². The van der Waals surface area contributed by atoms with Crippen LogP contribution in [-0.4, -0.2) is 78.6 Å². The molecule has 2 amide bonds. The highest BCUT2D eigenvalue weighted by Gasteiger charge is 2.35. The van der Waals surface area contributed by atoms with E-state index in [1.807, 2.05) is 0 Å². The number of sulfonamides is 1. The Labute approximate surface area is 240 Å². The third-order valence-electron chi connectivity index (χ3n) is 6.62. The number of nitrogens with one attached hydrogen (secondary N) is 3. The van der Waals surface area contributed by atoms with Gasteiger partial charge in [-0.25, -0.2) is 12.8 Å². The second-order valence-electron chi connectivity index (χ2n) is 9.34. The van der Waals surface area contributed by atoms with Crippen LogP contribution in [0.1, 0.15) is 28.9 Å². The molecule has 0 saturated carbocycles. The number of amides is 2. The minimum atomic E-state index is -4.60. The summed E-state index contributed by atoms with van der Waals surface area (Å²) in [5.74, 6) is -3.11. The first-order valence-corrected chi connectivity index (χ1v) is 15.3. The molecule has 15 heteroatoms. The van der Waals surface area contributed by atoms with Gasteiger partial charge in [0.1, 0.15) is 17.3 Å². The lowest BCUT2D eigenvalue weighted by Gasteiger charge is -2.29. The molecule has 2 fully saturated rings. The van der Waals surface area contributed by atoms with Gasteiger partial charge in [0.2, 0.25) is 10.0 Å². The second kappa shape index (κ2) is 13.4. The fraction of sp³-hybridized carbons (Fsp3) is 0.480. The van der Waals surface area contributed by atoms with Crippen LogP contribution in [0, 0.1) is 11.7 Å². The zero-order valence-corrected chi connectivity index (χ0v) is 24.1. The Balaban J connectivity index is 1.65. The molecule has 1 unspecified atom stereocenters. The van der Waals surface area contributed by atoms with Crippen molar-refractivity contribution < 1.29 is 36.7 Å². The Morgan fingerprint density at radius 1 is 1.32 bits per heavy atom. The SMILES string of the molecule is COc1c(N2CCOCC2=O)cc(F)cc1S(=O)(=O)N[C@@H](CNC(=O)c1ccc(Cl)s1)C(=O)C1CCCCNC1.